The number of aromatic nitrogens is 2. The Kier molecular flexibility index (Phi) is 3.82. The van der Waals surface area contributed by atoms with Crippen LogP contribution in [0.15, 0.2) is 18.6 Å². The van der Waals surface area contributed by atoms with Gasteiger partial charge in [-0.1, -0.05) is 12.8 Å². The topological polar surface area (TPSA) is 66.9 Å². The van der Waals surface area contributed by atoms with Crippen LogP contribution < -0.4 is 10.6 Å². The second-order valence-corrected chi connectivity index (χ2v) is 3.94. The second-order valence-electron chi connectivity index (χ2n) is 3.94. The maximum atomic E-state index is 11.9. The standard InChI is InChI=1S/C11H16N4O/c16-11(9-4-2-1-3-5-13-9)15-10-8-12-6-7-14-10/h6-9,13H,1-5H2,(H,14,15,16). The number of amides is 1. The van der Waals surface area contributed by atoms with E-state index in [4.69, 9.17) is 0 Å². The molecule has 1 aliphatic rings. The first-order valence-corrected chi connectivity index (χ1v) is 5.66. The molecule has 1 atom stereocenters. The van der Waals surface area contributed by atoms with Crippen molar-refractivity contribution in [2.75, 3.05) is 11.9 Å². The van der Waals surface area contributed by atoms with E-state index < -0.39 is 0 Å². The van der Waals surface area contributed by atoms with Crippen LogP contribution in [0.4, 0.5) is 5.82 Å². The van der Waals surface area contributed by atoms with Crippen molar-refractivity contribution in [2.24, 2.45) is 0 Å². The Hall–Kier alpha value is -1.49. The molecule has 0 bridgehead atoms. The van der Waals surface area contributed by atoms with Crippen LogP contribution in [-0.4, -0.2) is 28.5 Å². The molecule has 0 aliphatic carbocycles. The van der Waals surface area contributed by atoms with Crippen molar-refractivity contribution in [3.05, 3.63) is 18.6 Å². The summed E-state index contributed by atoms with van der Waals surface area (Å²) in [6.45, 7) is 0.915. The molecule has 86 valence electrons. The number of anilines is 1. The average molecular weight is 220 g/mol. The molecule has 0 spiro atoms. The van der Waals surface area contributed by atoms with Crippen LogP contribution in [0.25, 0.3) is 0 Å². The van der Waals surface area contributed by atoms with Gasteiger partial charge in [-0.25, -0.2) is 4.98 Å². The number of carbonyl (C=O) groups is 1. The summed E-state index contributed by atoms with van der Waals surface area (Å²) in [5.41, 5.74) is 0. The lowest BCUT2D eigenvalue weighted by Gasteiger charge is -2.14. The van der Waals surface area contributed by atoms with Crippen molar-refractivity contribution in [1.29, 1.82) is 0 Å². The maximum absolute atomic E-state index is 11.9. The molecular formula is C11H16N4O. The van der Waals surface area contributed by atoms with Crippen molar-refractivity contribution in [2.45, 2.75) is 31.7 Å². The van der Waals surface area contributed by atoms with Gasteiger partial charge in [-0.15, -0.1) is 0 Å². The summed E-state index contributed by atoms with van der Waals surface area (Å²) in [5.74, 6) is 0.501. The Bertz CT molecular complexity index is 333. The molecule has 16 heavy (non-hydrogen) atoms. The van der Waals surface area contributed by atoms with E-state index in [0.717, 1.165) is 25.8 Å². The minimum Gasteiger partial charge on any atom is -0.308 e. The number of carbonyl (C=O) groups excluding carboxylic acids is 1. The van der Waals surface area contributed by atoms with Gasteiger partial charge in [-0.2, -0.15) is 0 Å². The first kappa shape index (κ1) is 11.0. The summed E-state index contributed by atoms with van der Waals surface area (Å²) in [6, 6.07) is -0.0930. The Morgan fingerprint density at radius 2 is 2.31 bits per heavy atom. The third-order valence-corrected chi connectivity index (χ3v) is 2.69. The molecule has 2 N–H and O–H groups in total. The molecule has 2 rings (SSSR count). The molecule has 1 unspecified atom stereocenters. The zero-order valence-electron chi connectivity index (χ0n) is 9.15. The molecule has 5 heteroatoms. The normalized spacial score (nSPS) is 21.1. The molecule has 1 aromatic rings. The molecule has 1 amide bonds. The molecule has 1 aliphatic heterocycles. The molecule has 0 saturated carbocycles. The van der Waals surface area contributed by atoms with Gasteiger partial charge < -0.3 is 10.6 Å². The van der Waals surface area contributed by atoms with E-state index in [0.29, 0.717) is 5.82 Å². The number of hydrogen-bond acceptors (Lipinski definition) is 4. The van der Waals surface area contributed by atoms with Gasteiger partial charge in [-0.3, -0.25) is 9.78 Å². The lowest BCUT2D eigenvalue weighted by molar-refractivity contribution is -0.118. The van der Waals surface area contributed by atoms with Gasteiger partial charge in [0.05, 0.1) is 12.2 Å². The van der Waals surface area contributed by atoms with Crippen molar-refractivity contribution in [3.8, 4) is 0 Å². The van der Waals surface area contributed by atoms with Gasteiger partial charge >= 0.3 is 0 Å². The van der Waals surface area contributed by atoms with Gasteiger partial charge in [0.15, 0.2) is 5.82 Å². The molecule has 2 heterocycles. The van der Waals surface area contributed by atoms with Gasteiger partial charge in [-0.05, 0) is 19.4 Å². The van der Waals surface area contributed by atoms with Crippen molar-refractivity contribution in [3.63, 3.8) is 0 Å². The van der Waals surface area contributed by atoms with Crippen molar-refractivity contribution >= 4 is 11.7 Å². The Morgan fingerprint density at radius 1 is 1.38 bits per heavy atom. The van der Waals surface area contributed by atoms with Crippen LogP contribution in [0.2, 0.25) is 0 Å². The SMILES string of the molecule is O=C(Nc1cnccn1)C1CCCCCN1. The molecule has 1 fully saturated rings. The molecule has 0 aromatic carbocycles. The highest BCUT2D eigenvalue weighted by atomic mass is 16.2. The van der Waals surface area contributed by atoms with E-state index in [1.165, 1.54) is 6.42 Å². The monoisotopic (exact) mass is 220 g/mol. The first-order chi connectivity index (χ1) is 7.86. The molecule has 0 radical (unpaired) electrons. The predicted molar refractivity (Wildman–Crippen MR) is 60.9 cm³/mol. The van der Waals surface area contributed by atoms with E-state index in [-0.39, 0.29) is 11.9 Å². The third-order valence-electron chi connectivity index (χ3n) is 2.69. The van der Waals surface area contributed by atoms with Crippen LogP contribution in [-0.2, 0) is 4.79 Å². The fraction of sp³-hybridized carbons (Fsp3) is 0.545. The van der Waals surface area contributed by atoms with Gasteiger partial charge in [0.2, 0.25) is 5.91 Å². The zero-order chi connectivity index (χ0) is 11.2. The van der Waals surface area contributed by atoms with Crippen LogP contribution >= 0.6 is 0 Å². The molecular weight excluding hydrogens is 204 g/mol. The Labute approximate surface area is 94.7 Å². The third kappa shape index (κ3) is 3.00. The fourth-order valence-corrected chi connectivity index (χ4v) is 1.83. The zero-order valence-corrected chi connectivity index (χ0v) is 9.15. The summed E-state index contributed by atoms with van der Waals surface area (Å²) >= 11 is 0. The summed E-state index contributed by atoms with van der Waals surface area (Å²) in [6.07, 6.45) is 9.04. The lowest BCUT2D eigenvalue weighted by atomic mass is 10.1. The minimum absolute atomic E-state index is 0.0117. The van der Waals surface area contributed by atoms with E-state index in [1.54, 1.807) is 18.6 Å². The van der Waals surface area contributed by atoms with Crippen LogP contribution in [0, 0.1) is 0 Å². The van der Waals surface area contributed by atoms with Gasteiger partial charge in [0, 0.05) is 12.4 Å². The highest BCUT2D eigenvalue weighted by Crippen LogP contribution is 2.10. The van der Waals surface area contributed by atoms with Gasteiger partial charge in [0.25, 0.3) is 0 Å². The Morgan fingerprint density at radius 3 is 3.12 bits per heavy atom. The summed E-state index contributed by atoms with van der Waals surface area (Å²) < 4.78 is 0. The van der Waals surface area contributed by atoms with E-state index in [2.05, 4.69) is 20.6 Å². The number of hydrogen-bond donors (Lipinski definition) is 2. The van der Waals surface area contributed by atoms with E-state index in [9.17, 15) is 4.79 Å². The van der Waals surface area contributed by atoms with E-state index in [1.807, 2.05) is 0 Å². The number of nitrogens with one attached hydrogen (secondary N) is 2. The second kappa shape index (κ2) is 5.55. The lowest BCUT2D eigenvalue weighted by Crippen LogP contribution is -2.40. The average Bonchev–Trinajstić information content (AvgIpc) is 2.59. The summed E-state index contributed by atoms with van der Waals surface area (Å²) in [5, 5.41) is 6.01. The Balaban J connectivity index is 1.92. The molecule has 5 nitrogen and oxygen atoms in total. The maximum Gasteiger partial charge on any atom is 0.242 e. The number of rotatable bonds is 2. The van der Waals surface area contributed by atoms with Crippen LogP contribution in [0.1, 0.15) is 25.7 Å². The van der Waals surface area contributed by atoms with Crippen molar-refractivity contribution in [1.82, 2.24) is 15.3 Å². The van der Waals surface area contributed by atoms with Crippen molar-refractivity contribution < 1.29 is 4.79 Å². The smallest absolute Gasteiger partial charge is 0.242 e. The molecule has 1 aromatic heterocycles. The number of nitrogens with zero attached hydrogens (tertiary/aromatic N) is 2. The predicted octanol–water partition coefficient (Wildman–Crippen LogP) is 0.947. The van der Waals surface area contributed by atoms with Crippen LogP contribution in [0.3, 0.4) is 0 Å². The first-order valence-electron chi connectivity index (χ1n) is 5.66. The largest absolute Gasteiger partial charge is 0.308 e. The quantitative estimate of drug-likeness (QED) is 0.778. The minimum atomic E-state index is -0.0930. The summed E-state index contributed by atoms with van der Waals surface area (Å²) in [7, 11) is 0. The highest BCUT2D eigenvalue weighted by Gasteiger charge is 2.19. The van der Waals surface area contributed by atoms with E-state index >= 15 is 0 Å². The van der Waals surface area contributed by atoms with Crippen LogP contribution in [0.5, 0.6) is 0 Å². The highest BCUT2D eigenvalue weighted by molar-refractivity contribution is 5.93. The fourth-order valence-electron chi connectivity index (χ4n) is 1.83. The van der Waals surface area contributed by atoms with Gasteiger partial charge in [0.1, 0.15) is 0 Å². The summed E-state index contributed by atoms with van der Waals surface area (Å²) in [4.78, 5) is 19.8. The molecule has 1 saturated heterocycles.